The summed E-state index contributed by atoms with van der Waals surface area (Å²) in [6.07, 6.45) is 1.40. The Kier molecular flexibility index (Phi) is 4.94. The first-order chi connectivity index (χ1) is 14.8. The Balaban J connectivity index is 1.53. The van der Waals surface area contributed by atoms with Gasteiger partial charge in [-0.2, -0.15) is 0 Å². The maximum absolute atomic E-state index is 13.1. The number of tetrazole rings is 1. The van der Waals surface area contributed by atoms with Crippen LogP contribution in [-0.2, 0) is 15.1 Å². The van der Waals surface area contributed by atoms with Gasteiger partial charge in [-0.1, -0.05) is 12.1 Å². The van der Waals surface area contributed by atoms with Gasteiger partial charge in [-0.25, -0.2) is 9.48 Å². The largest absolute Gasteiger partial charge is 0.366 e. The molecular weight excluding hydrogens is 424 g/mol. The van der Waals surface area contributed by atoms with Crippen molar-refractivity contribution in [3.63, 3.8) is 0 Å². The molecule has 1 aromatic carbocycles. The van der Waals surface area contributed by atoms with Gasteiger partial charge in [-0.05, 0) is 46.5 Å². The van der Waals surface area contributed by atoms with E-state index in [9.17, 15) is 19.2 Å². The zero-order chi connectivity index (χ0) is 22.2. The number of amides is 5. The second-order valence-corrected chi connectivity index (χ2v) is 7.74. The fraction of sp³-hybridized carbons (Fsp3) is 0.167. The van der Waals surface area contributed by atoms with E-state index < -0.39 is 35.8 Å². The monoisotopic (exact) mass is 440 g/mol. The maximum Gasteiger partial charge on any atom is 0.325 e. The average Bonchev–Trinajstić information content (AvgIpc) is 3.47. The number of nitrogens with zero attached hydrogens (tertiary/aromatic N) is 5. The van der Waals surface area contributed by atoms with Gasteiger partial charge >= 0.3 is 6.03 Å². The molecule has 0 radical (unpaired) electrons. The fourth-order valence-electron chi connectivity index (χ4n) is 3.19. The molecule has 4 rings (SSSR count). The van der Waals surface area contributed by atoms with E-state index in [0.29, 0.717) is 11.3 Å². The van der Waals surface area contributed by atoms with Gasteiger partial charge in [0.15, 0.2) is 0 Å². The highest BCUT2D eigenvalue weighted by Crippen LogP contribution is 2.30. The predicted molar refractivity (Wildman–Crippen MR) is 108 cm³/mol. The molecule has 1 aliphatic heterocycles. The molecule has 1 saturated heterocycles. The Bertz CT molecular complexity index is 1190. The van der Waals surface area contributed by atoms with Crippen LogP contribution in [0.25, 0.3) is 5.69 Å². The van der Waals surface area contributed by atoms with Gasteiger partial charge in [0.1, 0.15) is 23.4 Å². The number of nitrogens with one attached hydrogen (secondary N) is 2. The number of primary amides is 1. The van der Waals surface area contributed by atoms with Crippen LogP contribution in [0.1, 0.15) is 22.8 Å². The molecule has 3 aromatic rings. The van der Waals surface area contributed by atoms with E-state index in [1.807, 2.05) is 0 Å². The van der Waals surface area contributed by atoms with Gasteiger partial charge in [-0.3, -0.25) is 19.3 Å². The van der Waals surface area contributed by atoms with Crippen LogP contribution in [0.15, 0.2) is 42.0 Å². The van der Waals surface area contributed by atoms with Crippen LogP contribution in [0.3, 0.4) is 0 Å². The van der Waals surface area contributed by atoms with E-state index in [1.54, 1.807) is 36.6 Å². The molecule has 4 N–H and O–H groups in total. The molecule has 2 aromatic heterocycles. The van der Waals surface area contributed by atoms with Crippen LogP contribution < -0.4 is 16.4 Å². The Morgan fingerprint density at radius 1 is 1.29 bits per heavy atom. The Labute approximate surface area is 179 Å². The number of anilines is 1. The van der Waals surface area contributed by atoms with Crippen molar-refractivity contribution in [2.75, 3.05) is 11.9 Å². The molecule has 1 fully saturated rings. The summed E-state index contributed by atoms with van der Waals surface area (Å²) >= 11 is 1.11. The third-order valence-electron chi connectivity index (χ3n) is 4.80. The summed E-state index contributed by atoms with van der Waals surface area (Å²) in [5.74, 6) is -1.93. The SMILES string of the molecule is C[C@]1(c2cccc(-n3cnnn3)c2)NC(=O)N(CC(=O)Nc2sccc2C(N)=O)C1=O. The first-order valence-corrected chi connectivity index (χ1v) is 9.83. The number of carbonyl (C=O) groups is 4. The van der Waals surface area contributed by atoms with Crippen LogP contribution in [0, 0.1) is 0 Å². The number of hydrogen-bond acceptors (Lipinski definition) is 8. The maximum atomic E-state index is 13.1. The smallest absolute Gasteiger partial charge is 0.325 e. The van der Waals surface area contributed by atoms with Gasteiger partial charge in [0, 0.05) is 0 Å². The van der Waals surface area contributed by atoms with E-state index in [4.69, 9.17) is 5.73 Å². The number of carbonyl (C=O) groups excluding carboxylic acids is 4. The molecule has 31 heavy (non-hydrogen) atoms. The lowest BCUT2D eigenvalue weighted by atomic mass is 9.91. The van der Waals surface area contributed by atoms with E-state index >= 15 is 0 Å². The van der Waals surface area contributed by atoms with Gasteiger partial charge in [0.25, 0.3) is 11.8 Å². The van der Waals surface area contributed by atoms with Crippen molar-refractivity contribution < 1.29 is 19.2 Å². The van der Waals surface area contributed by atoms with Gasteiger partial charge in [0.2, 0.25) is 5.91 Å². The number of nitrogens with two attached hydrogens (primary N) is 1. The van der Waals surface area contributed by atoms with Crippen molar-refractivity contribution in [2.45, 2.75) is 12.5 Å². The molecule has 0 bridgehead atoms. The zero-order valence-corrected chi connectivity index (χ0v) is 16.9. The minimum Gasteiger partial charge on any atom is -0.366 e. The second-order valence-electron chi connectivity index (χ2n) is 6.83. The lowest BCUT2D eigenvalue weighted by Crippen LogP contribution is -2.42. The number of benzene rings is 1. The molecule has 3 heterocycles. The number of imide groups is 1. The van der Waals surface area contributed by atoms with Gasteiger partial charge < -0.3 is 16.4 Å². The minimum absolute atomic E-state index is 0.153. The Hall–Kier alpha value is -4.13. The molecule has 0 saturated carbocycles. The van der Waals surface area contributed by atoms with Crippen molar-refractivity contribution in [1.82, 2.24) is 30.4 Å². The standard InChI is InChI=1S/C18H16N8O4S/c1-18(10-3-2-4-11(7-10)26-9-20-23-24-26)16(29)25(17(30)22-18)8-13(27)21-15-12(14(19)28)5-6-31-15/h2-7,9H,8H2,1H3,(H2,19,28)(H,21,27)(H,22,30)/t18-/m1/s1. The van der Waals surface area contributed by atoms with Crippen molar-refractivity contribution in [3.8, 4) is 5.69 Å². The molecule has 0 spiro atoms. The van der Waals surface area contributed by atoms with Crippen molar-refractivity contribution in [1.29, 1.82) is 0 Å². The first kappa shape index (κ1) is 20.2. The third kappa shape index (κ3) is 3.61. The van der Waals surface area contributed by atoms with Gasteiger partial charge in [0.05, 0.1) is 11.3 Å². The van der Waals surface area contributed by atoms with Crippen LogP contribution in [0.5, 0.6) is 0 Å². The van der Waals surface area contributed by atoms with Crippen LogP contribution in [0.4, 0.5) is 9.80 Å². The minimum atomic E-state index is -1.39. The molecule has 13 heteroatoms. The number of thiophene rings is 1. The highest BCUT2D eigenvalue weighted by Gasteiger charge is 2.49. The lowest BCUT2D eigenvalue weighted by molar-refractivity contribution is -0.133. The third-order valence-corrected chi connectivity index (χ3v) is 5.63. The molecule has 0 aliphatic carbocycles. The fourth-order valence-corrected chi connectivity index (χ4v) is 3.99. The summed E-state index contributed by atoms with van der Waals surface area (Å²) in [7, 11) is 0. The topological polar surface area (TPSA) is 165 Å². The highest BCUT2D eigenvalue weighted by molar-refractivity contribution is 7.14. The summed E-state index contributed by atoms with van der Waals surface area (Å²) < 4.78 is 1.41. The first-order valence-electron chi connectivity index (χ1n) is 8.95. The highest BCUT2D eigenvalue weighted by atomic mass is 32.1. The van der Waals surface area contributed by atoms with E-state index in [1.165, 1.54) is 17.1 Å². The van der Waals surface area contributed by atoms with Crippen molar-refractivity contribution in [2.24, 2.45) is 5.73 Å². The second kappa shape index (κ2) is 7.60. The summed E-state index contributed by atoms with van der Waals surface area (Å²) in [5, 5.41) is 18.0. The number of urea groups is 1. The summed E-state index contributed by atoms with van der Waals surface area (Å²) in [5.41, 5.74) is 5.12. The quantitative estimate of drug-likeness (QED) is 0.461. The van der Waals surface area contributed by atoms with Gasteiger partial charge in [-0.15, -0.1) is 16.4 Å². The van der Waals surface area contributed by atoms with Crippen molar-refractivity contribution in [3.05, 3.63) is 53.2 Å². The summed E-state index contributed by atoms with van der Waals surface area (Å²) in [6.45, 7) is 1.03. The number of rotatable bonds is 6. The molecule has 0 unspecified atom stereocenters. The molecule has 12 nitrogen and oxygen atoms in total. The van der Waals surface area contributed by atoms with Crippen LogP contribution in [-0.4, -0.2) is 55.4 Å². The average molecular weight is 440 g/mol. The number of aromatic nitrogens is 4. The molecular formula is C18H16N8O4S. The van der Waals surface area contributed by atoms with Crippen LogP contribution in [0.2, 0.25) is 0 Å². The zero-order valence-electron chi connectivity index (χ0n) is 16.1. The van der Waals surface area contributed by atoms with E-state index in [2.05, 4.69) is 26.2 Å². The normalized spacial score (nSPS) is 18.2. The predicted octanol–water partition coefficient (Wildman–Crippen LogP) is 0.228. The lowest BCUT2D eigenvalue weighted by Gasteiger charge is -2.22. The van der Waals surface area contributed by atoms with Crippen LogP contribution >= 0.6 is 11.3 Å². The van der Waals surface area contributed by atoms with E-state index in [-0.39, 0.29) is 10.6 Å². The molecule has 158 valence electrons. The Morgan fingerprint density at radius 3 is 2.81 bits per heavy atom. The number of hydrogen-bond donors (Lipinski definition) is 3. The van der Waals surface area contributed by atoms with Crippen molar-refractivity contribution >= 4 is 40.1 Å². The Morgan fingerprint density at radius 2 is 2.10 bits per heavy atom. The molecule has 5 amide bonds. The molecule has 1 aliphatic rings. The van der Waals surface area contributed by atoms with E-state index in [0.717, 1.165) is 16.2 Å². The molecule has 1 atom stereocenters. The summed E-state index contributed by atoms with van der Waals surface area (Å²) in [6, 6.07) is 7.56. The summed E-state index contributed by atoms with van der Waals surface area (Å²) in [4.78, 5) is 50.3.